The third-order valence-corrected chi connectivity index (χ3v) is 2.63. The van der Waals surface area contributed by atoms with Crippen molar-refractivity contribution in [2.24, 2.45) is 5.92 Å². The minimum atomic E-state index is -0.250. The number of rotatable bonds is 0. The number of piperidine rings is 2. The third-order valence-electron chi connectivity index (χ3n) is 2.63. The van der Waals surface area contributed by atoms with Crippen LogP contribution in [-0.4, -0.2) is 24.4 Å². The van der Waals surface area contributed by atoms with Crippen LogP contribution in [0, 0.1) is 5.92 Å². The molecule has 2 N–H and O–H groups in total. The molecule has 2 heterocycles. The largest absolute Gasteiger partial charge is 0.354 e. The van der Waals surface area contributed by atoms with Gasteiger partial charge in [0, 0.05) is 13.0 Å². The van der Waals surface area contributed by atoms with Gasteiger partial charge in [-0.05, 0) is 18.8 Å². The Labute approximate surface area is 70.7 Å². The van der Waals surface area contributed by atoms with E-state index in [2.05, 4.69) is 10.6 Å². The number of nitrogens with one attached hydrogen (secondary N) is 2. The van der Waals surface area contributed by atoms with Gasteiger partial charge in [-0.2, -0.15) is 0 Å². The summed E-state index contributed by atoms with van der Waals surface area (Å²) in [5.41, 5.74) is 0. The lowest BCUT2D eigenvalue weighted by atomic mass is 9.85. The molecule has 0 aliphatic carbocycles. The smallest absolute Gasteiger partial charge is 0.242 e. The number of carbonyl (C=O) groups is 2. The van der Waals surface area contributed by atoms with E-state index in [0.717, 1.165) is 19.4 Å². The number of hydrogen-bond donors (Lipinski definition) is 2. The quantitative estimate of drug-likeness (QED) is 0.507. The Morgan fingerprint density at radius 1 is 1.25 bits per heavy atom. The van der Waals surface area contributed by atoms with Gasteiger partial charge >= 0.3 is 0 Å². The Bertz CT molecular complexity index is 227. The van der Waals surface area contributed by atoms with Crippen LogP contribution < -0.4 is 10.6 Å². The first-order valence-corrected chi connectivity index (χ1v) is 4.34. The molecule has 2 fully saturated rings. The Morgan fingerprint density at radius 3 is 2.92 bits per heavy atom. The van der Waals surface area contributed by atoms with Crippen molar-refractivity contribution in [1.82, 2.24) is 10.6 Å². The Balaban J connectivity index is 2.10. The minimum absolute atomic E-state index is 0.00769. The number of carbonyl (C=O) groups excluding carboxylic acids is 2. The van der Waals surface area contributed by atoms with E-state index in [1.165, 1.54) is 0 Å². The van der Waals surface area contributed by atoms with Gasteiger partial charge in [-0.15, -0.1) is 0 Å². The van der Waals surface area contributed by atoms with Gasteiger partial charge < -0.3 is 10.6 Å². The summed E-state index contributed by atoms with van der Waals surface area (Å²) < 4.78 is 0. The van der Waals surface area contributed by atoms with Gasteiger partial charge in [0.05, 0.1) is 0 Å². The summed E-state index contributed by atoms with van der Waals surface area (Å²) in [4.78, 5) is 22.2. The fraction of sp³-hybridized carbons (Fsp3) is 0.750. The topological polar surface area (TPSA) is 58.2 Å². The molecule has 0 aromatic heterocycles. The molecule has 2 amide bonds. The first-order chi connectivity index (χ1) is 5.77. The Morgan fingerprint density at radius 2 is 2.08 bits per heavy atom. The molecule has 4 nitrogen and oxygen atoms in total. The molecule has 2 aliphatic rings. The van der Waals surface area contributed by atoms with E-state index < -0.39 is 0 Å². The fourth-order valence-electron chi connectivity index (χ4n) is 1.93. The highest BCUT2D eigenvalue weighted by Crippen LogP contribution is 2.22. The maximum atomic E-state index is 11.2. The summed E-state index contributed by atoms with van der Waals surface area (Å²) in [6.07, 6.45) is 2.44. The van der Waals surface area contributed by atoms with Crippen molar-refractivity contribution >= 4 is 11.8 Å². The van der Waals surface area contributed by atoms with Crippen molar-refractivity contribution in [2.75, 3.05) is 6.54 Å². The van der Waals surface area contributed by atoms with Crippen LogP contribution in [0.3, 0.4) is 0 Å². The zero-order valence-corrected chi connectivity index (χ0v) is 6.80. The number of fused-ring (bicyclic) bond motifs is 1. The van der Waals surface area contributed by atoms with E-state index in [1.54, 1.807) is 0 Å². The lowest BCUT2D eigenvalue weighted by Gasteiger charge is -2.34. The zero-order chi connectivity index (χ0) is 8.55. The van der Waals surface area contributed by atoms with Crippen molar-refractivity contribution < 1.29 is 9.59 Å². The second-order valence-electron chi connectivity index (χ2n) is 3.42. The summed E-state index contributed by atoms with van der Waals surface area (Å²) in [6, 6.07) is -0.250. The van der Waals surface area contributed by atoms with Gasteiger partial charge in [-0.1, -0.05) is 0 Å². The van der Waals surface area contributed by atoms with Crippen LogP contribution >= 0.6 is 0 Å². The molecule has 2 aliphatic heterocycles. The molecule has 0 spiro atoms. The highest BCUT2D eigenvalue weighted by Gasteiger charge is 2.36. The molecule has 0 aromatic carbocycles. The lowest BCUT2D eigenvalue weighted by Crippen LogP contribution is -2.57. The van der Waals surface area contributed by atoms with Gasteiger partial charge in [-0.25, -0.2) is 0 Å². The molecule has 4 heteroatoms. The summed E-state index contributed by atoms with van der Waals surface area (Å²) in [6.45, 7) is 0.760. The van der Waals surface area contributed by atoms with E-state index in [-0.39, 0.29) is 17.9 Å². The zero-order valence-electron chi connectivity index (χ0n) is 6.80. The van der Waals surface area contributed by atoms with Crippen molar-refractivity contribution in [3.63, 3.8) is 0 Å². The van der Waals surface area contributed by atoms with Gasteiger partial charge in [-0.3, -0.25) is 9.59 Å². The van der Waals surface area contributed by atoms with Crippen LogP contribution in [0.5, 0.6) is 0 Å². The second kappa shape index (κ2) is 2.77. The molecule has 0 radical (unpaired) electrons. The van der Waals surface area contributed by atoms with Gasteiger partial charge in [0.25, 0.3) is 0 Å². The van der Waals surface area contributed by atoms with Crippen LogP contribution in [0.25, 0.3) is 0 Å². The van der Waals surface area contributed by atoms with E-state index in [1.807, 2.05) is 0 Å². The summed E-state index contributed by atoms with van der Waals surface area (Å²) in [5, 5.41) is 5.47. The summed E-state index contributed by atoms with van der Waals surface area (Å²) >= 11 is 0. The summed E-state index contributed by atoms with van der Waals surface area (Å²) in [7, 11) is 0. The monoisotopic (exact) mass is 168 g/mol. The maximum Gasteiger partial charge on any atom is 0.242 e. The average Bonchev–Trinajstić information content (AvgIpc) is 2.07. The molecule has 0 unspecified atom stereocenters. The minimum Gasteiger partial charge on any atom is -0.354 e. The normalized spacial score (nSPS) is 35.0. The lowest BCUT2D eigenvalue weighted by molar-refractivity contribution is -0.134. The van der Waals surface area contributed by atoms with E-state index in [0.29, 0.717) is 12.3 Å². The predicted octanol–water partition coefficient (Wildman–Crippen LogP) is -0.599. The van der Waals surface area contributed by atoms with Gasteiger partial charge in [0.1, 0.15) is 6.04 Å². The SMILES string of the molecule is O=C1CC[C@@H]2CCNC(=O)[C@H]2N1. The van der Waals surface area contributed by atoms with Crippen molar-refractivity contribution in [1.29, 1.82) is 0 Å². The van der Waals surface area contributed by atoms with Crippen LogP contribution in [0.15, 0.2) is 0 Å². The maximum absolute atomic E-state index is 11.2. The van der Waals surface area contributed by atoms with Crippen molar-refractivity contribution in [2.45, 2.75) is 25.3 Å². The van der Waals surface area contributed by atoms with Crippen LogP contribution in [0.2, 0.25) is 0 Å². The molecule has 2 atom stereocenters. The molecular formula is C8H12N2O2. The molecule has 66 valence electrons. The van der Waals surface area contributed by atoms with Crippen LogP contribution in [0.4, 0.5) is 0 Å². The van der Waals surface area contributed by atoms with Crippen LogP contribution in [-0.2, 0) is 9.59 Å². The molecular weight excluding hydrogens is 156 g/mol. The molecule has 0 bridgehead atoms. The fourth-order valence-corrected chi connectivity index (χ4v) is 1.93. The molecule has 2 rings (SSSR count). The predicted molar refractivity (Wildman–Crippen MR) is 42.3 cm³/mol. The molecule has 0 aromatic rings. The summed E-state index contributed by atoms with van der Waals surface area (Å²) in [5.74, 6) is 0.365. The average molecular weight is 168 g/mol. The Hall–Kier alpha value is -1.06. The van der Waals surface area contributed by atoms with E-state index in [9.17, 15) is 9.59 Å². The van der Waals surface area contributed by atoms with E-state index >= 15 is 0 Å². The highest BCUT2D eigenvalue weighted by molar-refractivity contribution is 5.89. The van der Waals surface area contributed by atoms with Crippen molar-refractivity contribution in [3.05, 3.63) is 0 Å². The van der Waals surface area contributed by atoms with Crippen molar-refractivity contribution in [3.8, 4) is 0 Å². The second-order valence-corrected chi connectivity index (χ2v) is 3.42. The highest BCUT2D eigenvalue weighted by atomic mass is 16.2. The number of amides is 2. The third kappa shape index (κ3) is 1.17. The first-order valence-electron chi connectivity index (χ1n) is 4.34. The van der Waals surface area contributed by atoms with Crippen LogP contribution in [0.1, 0.15) is 19.3 Å². The number of hydrogen-bond acceptors (Lipinski definition) is 2. The molecule has 2 saturated heterocycles. The Kier molecular flexibility index (Phi) is 1.75. The van der Waals surface area contributed by atoms with E-state index in [4.69, 9.17) is 0 Å². The molecule has 12 heavy (non-hydrogen) atoms. The van der Waals surface area contributed by atoms with Gasteiger partial charge in [0.2, 0.25) is 11.8 Å². The standard InChI is InChI=1S/C8H12N2O2/c11-6-2-1-5-3-4-9-8(12)7(5)10-6/h5,7H,1-4H2,(H,9,12)(H,10,11)/t5-,7+/m1/s1. The van der Waals surface area contributed by atoms with Gasteiger partial charge in [0.15, 0.2) is 0 Å². The first kappa shape index (κ1) is 7.58. The molecule has 0 saturated carbocycles.